The van der Waals surface area contributed by atoms with Crippen LogP contribution in [0.25, 0.3) is 11.3 Å². The number of aromatic nitrogens is 1. The maximum atomic E-state index is 10.6. The van der Waals surface area contributed by atoms with Gasteiger partial charge in [0.25, 0.3) is 5.69 Å². The van der Waals surface area contributed by atoms with E-state index in [2.05, 4.69) is 5.16 Å². The van der Waals surface area contributed by atoms with Crippen LogP contribution in [-0.2, 0) is 0 Å². The number of rotatable bonds is 3. The first-order chi connectivity index (χ1) is 8.50. The Bertz CT molecular complexity index is 572. The van der Waals surface area contributed by atoms with Gasteiger partial charge in [0.15, 0.2) is 0 Å². The van der Waals surface area contributed by atoms with Gasteiger partial charge >= 0.3 is 5.95 Å². The lowest BCUT2D eigenvalue weighted by atomic mass is 9.99. The Morgan fingerprint density at radius 3 is 2.44 bits per heavy atom. The zero-order chi connectivity index (χ0) is 13.3. The van der Waals surface area contributed by atoms with Crippen molar-refractivity contribution < 1.29 is 14.6 Å². The quantitative estimate of drug-likeness (QED) is 0.665. The van der Waals surface area contributed by atoms with E-state index < -0.39 is 4.92 Å². The molecular formula is C12H12N2O4. The number of aromatic hydroxyl groups is 1. The number of nitro benzene ring substituents is 1. The third kappa shape index (κ3) is 2.04. The first-order valence-corrected chi connectivity index (χ1v) is 5.44. The molecule has 0 bridgehead atoms. The molecule has 6 nitrogen and oxygen atoms in total. The molecule has 0 saturated heterocycles. The molecule has 1 N–H and O–H groups in total. The van der Waals surface area contributed by atoms with Gasteiger partial charge in [-0.2, -0.15) is 0 Å². The summed E-state index contributed by atoms with van der Waals surface area (Å²) in [5.74, 6) is -0.167. The van der Waals surface area contributed by atoms with Gasteiger partial charge in [-0.15, -0.1) is 0 Å². The third-order valence-electron chi connectivity index (χ3n) is 2.64. The molecule has 0 atom stereocenters. The second-order valence-corrected chi connectivity index (χ2v) is 4.21. The fourth-order valence-corrected chi connectivity index (χ4v) is 1.76. The molecule has 0 aliphatic heterocycles. The van der Waals surface area contributed by atoms with Gasteiger partial charge in [0.2, 0.25) is 0 Å². The molecule has 6 heteroatoms. The number of hydrogen-bond donors (Lipinski definition) is 1. The van der Waals surface area contributed by atoms with Crippen molar-refractivity contribution in [3.63, 3.8) is 0 Å². The van der Waals surface area contributed by atoms with E-state index in [1.54, 1.807) is 12.1 Å². The Hall–Kier alpha value is -2.37. The van der Waals surface area contributed by atoms with Gasteiger partial charge in [0.1, 0.15) is 5.69 Å². The van der Waals surface area contributed by atoms with Crippen LogP contribution in [0.5, 0.6) is 5.95 Å². The average molecular weight is 248 g/mol. The molecule has 18 heavy (non-hydrogen) atoms. The Labute approximate surface area is 103 Å². The first kappa shape index (κ1) is 12.1. The van der Waals surface area contributed by atoms with Crippen molar-refractivity contribution >= 4 is 5.69 Å². The predicted octanol–water partition coefficient (Wildman–Crippen LogP) is 3.08. The molecule has 1 aromatic carbocycles. The molecular weight excluding hydrogens is 236 g/mol. The van der Waals surface area contributed by atoms with Crippen LogP contribution < -0.4 is 0 Å². The molecule has 1 heterocycles. The van der Waals surface area contributed by atoms with Crippen molar-refractivity contribution in [2.45, 2.75) is 19.8 Å². The summed E-state index contributed by atoms with van der Waals surface area (Å²) in [6.07, 6.45) is 0. The summed E-state index contributed by atoms with van der Waals surface area (Å²) < 4.78 is 4.76. The lowest BCUT2D eigenvalue weighted by molar-refractivity contribution is -0.384. The van der Waals surface area contributed by atoms with Crippen molar-refractivity contribution in [2.24, 2.45) is 0 Å². The molecule has 0 spiro atoms. The highest BCUT2D eigenvalue weighted by Crippen LogP contribution is 2.35. The fraction of sp³-hybridized carbons (Fsp3) is 0.250. The highest BCUT2D eigenvalue weighted by molar-refractivity contribution is 5.66. The lowest BCUT2D eigenvalue weighted by Gasteiger charge is -2.04. The van der Waals surface area contributed by atoms with Crippen molar-refractivity contribution in [2.75, 3.05) is 0 Å². The highest BCUT2D eigenvalue weighted by Gasteiger charge is 2.20. The zero-order valence-electron chi connectivity index (χ0n) is 9.95. The number of nitrogens with zero attached hydrogens (tertiary/aromatic N) is 2. The van der Waals surface area contributed by atoms with Crippen LogP contribution in [0.4, 0.5) is 5.69 Å². The standard InChI is InChI=1S/C12H12N2O4/c1-7(2)10-11(13-18-12(10)15)8-3-5-9(6-4-8)14(16)17/h3-7,15H,1-2H3. The smallest absolute Gasteiger partial charge is 0.312 e. The predicted molar refractivity (Wildman–Crippen MR) is 64.3 cm³/mol. The van der Waals surface area contributed by atoms with Gasteiger partial charge in [-0.25, -0.2) is 0 Å². The fourth-order valence-electron chi connectivity index (χ4n) is 1.76. The maximum Gasteiger partial charge on any atom is 0.312 e. The molecule has 0 aliphatic rings. The Morgan fingerprint density at radius 2 is 1.94 bits per heavy atom. The van der Waals surface area contributed by atoms with E-state index in [9.17, 15) is 15.2 Å². The normalized spacial score (nSPS) is 10.8. The molecule has 1 aromatic heterocycles. The Balaban J connectivity index is 2.46. The van der Waals surface area contributed by atoms with Crippen LogP contribution in [0.1, 0.15) is 25.3 Å². The highest BCUT2D eigenvalue weighted by atomic mass is 16.6. The van der Waals surface area contributed by atoms with Gasteiger partial charge in [0, 0.05) is 17.7 Å². The maximum absolute atomic E-state index is 10.6. The molecule has 0 amide bonds. The summed E-state index contributed by atoms with van der Waals surface area (Å²) in [6, 6.07) is 5.96. The van der Waals surface area contributed by atoms with E-state index >= 15 is 0 Å². The molecule has 0 fully saturated rings. The average Bonchev–Trinajstić information content (AvgIpc) is 2.71. The SMILES string of the molecule is CC(C)c1c(-c2ccc([N+](=O)[O-])cc2)noc1O. The molecule has 0 unspecified atom stereocenters. The molecule has 2 rings (SSSR count). The van der Waals surface area contributed by atoms with E-state index in [1.807, 2.05) is 13.8 Å². The van der Waals surface area contributed by atoms with E-state index in [4.69, 9.17) is 4.52 Å². The summed E-state index contributed by atoms with van der Waals surface area (Å²) in [4.78, 5) is 10.1. The number of nitro groups is 1. The van der Waals surface area contributed by atoms with Crippen LogP contribution in [0, 0.1) is 10.1 Å². The van der Waals surface area contributed by atoms with E-state index in [0.717, 1.165) is 0 Å². The lowest BCUT2D eigenvalue weighted by Crippen LogP contribution is -1.91. The minimum Gasteiger partial charge on any atom is -0.479 e. The van der Waals surface area contributed by atoms with Crippen LogP contribution in [0.3, 0.4) is 0 Å². The van der Waals surface area contributed by atoms with Gasteiger partial charge in [-0.3, -0.25) is 10.1 Å². The van der Waals surface area contributed by atoms with Crippen LogP contribution in [0.2, 0.25) is 0 Å². The van der Waals surface area contributed by atoms with Crippen LogP contribution in [-0.4, -0.2) is 15.2 Å². The molecule has 2 aromatic rings. The second kappa shape index (κ2) is 4.48. The van der Waals surface area contributed by atoms with Crippen molar-refractivity contribution in [3.05, 3.63) is 39.9 Å². The second-order valence-electron chi connectivity index (χ2n) is 4.21. The van der Waals surface area contributed by atoms with Gasteiger partial charge < -0.3 is 9.63 Å². The first-order valence-electron chi connectivity index (χ1n) is 5.44. The van der Waals surface area contributed by atoms with Gasteiger partial charge in [-0.1, -0.05) is 19.0 Å². The summed E-state index contributed by atoms with van der Waals surface area (Å²) >= 11 is 0. The van der Waals surface area contributed by atoms with Crippen molar-refractivity contribution in [1.82, 2.24) is 5.16 Å². The summed E-state index contributed by atoms with van der Waals surface area (Å²) in [6.45, 7) is 3.81. The van der Waals surface area contributed by atoms with Gasteiger partial charge in [0.05, 0.1) is 10.5 Å². The zero-order valence-corrected chi connectivity index (χ0v) is 9.95. The van der Waals surface area contributed by atoms with E-state index in [0.29, 0.717) is 16.8 Å². The number of hydrogen-bond acceptors (Lipinski definition) is 5. The Morgan fingerprint density at radius 1 is 1.33 bits per heavy atom. The minimum atomic E-state index is -0.465. The van der Waals surface area contributed by atoms with E-state index in [-0.39, 0.29) is 17.6 Å². The molecule has 0 radical (unpaired) electrons. The monoisotopic (exact) mass is 248 g/mol. The third-order valence-corrected chi connectivity index (χ3v) is 2.64. The van der Waals surface area contributed by atoms with Crippen molar-refractivity contribution in [1.29, 1.82) is 0 Å². The number of benzene rings is 1. The summed E-state index contributed by atoms with van der Waals surface area (Å²) in [7, 11) is 0. The van der Waals surface area contributed by atoms with Crippen molar-refractivity contribution in [3.8, 4) is 17.2 Å². The molecule has 94 valence electrons. The molecule has 0 saturated carbocycles. The number of non-ortho nitro benzene ring substituents is 1. The van der Waals surface area contributed by atoms with E-state index in [1.165, 1.54) is 12.1 Å². The summed E-state index contributed by atoms with van der Waals surface area (Å²) in [5.41, 5.74) is 1.80. The largest absolute Gasteiger partial charge is 0.479 e. The molecule has 0 aliphatic carbocycles. The Kier molecular flexibility index (Phi) is 3.01. The van der Waals surface area contributed by atoms with Gasteiger partial charge in [-0.05, 0) is 18.1 Å². The summed E-state index contributed by atoms with van der Waals surface area (Å²) in [5, 5.41) is 23.9. The van der Waals surface area contributed by atoms with Crippen LogP contribution >= 0.6 is 0 Å². The minimum absolute atomic E-state index is 0.0116. The topological polar surface area (TPSA) is 89.4 Å². The van der Waals surface area contributed by atoms with Crippen LogP contribution in [0.15, 0.2) is 28.8 Å².